The number of carbonyl (C=O) groups excluding carboxylic acids is 1. The SMILES string of the molecule is CCOC(=O)c1cc(/C=C/c2cc[n+](C)cc2C#N)c(O)c(/C=C/c2cc[n+](C)cc2C#N)c1. The number of aromatic hydroxyl groups is 1. The minimum atomic E-state index is -0.513. The van der Waals surface area contributed by atoms with Gasteiger partial charge < -0.3 is 9.84 Å². The minimum absolute atomic E-state index is 0.0412. The third-order valence-corrected chi connectivity index (χ3v) is 5.07. The second-order valence-electron chi connectivity index (χ2n) is 7.57. The van der Waals surface area contributed by atoms with Gasteiger partial charge in [-0.2, -0.15) is 10.5 Å². The fourth-order valence-electron chi connectivity index (χ4n) is 3.32. The summed E-state index contributed by atoms with van der Waals surface area (Å²) in [5, 5.41) is 29.8. The van der Waals surface area contributed by atoms with Gasteiger partial charge in [0, 0.05) is 34.4 Å². The Morgan fingerprint density at radius 1 is 0.912 bits per heavy atom. The highest BCUT2D eigenvalue weighted by atomic mass is 16.5. The molecular formula is C27H24N4O3+2. The molecule has 7 nitrogen and oxygen atoms in total. The van der Waals surface area contributed by atoms with Gasteiger partial charge >= 0.3 is 5.97 Å². The molecule has 3 rings (SSSR count). The second-order valence-corrected chi connectivity index (χ2v) is 7.57. The van der Waals surface area contributed by atoms with E-state index in [0.717, 1.165) is 0 Å². The van der Waals surface area contributed by atoms with E-state index < -0.39 is 5.97 Å². The van der Waals surface area contributed by atoms with Gasteiger partial charge in [0.05, 0.1) is 12.2 Å². The lowest BCUT2D eigenvalue weighted by molar-refractivity contribution is -0.671. The Morgan fingerprint density at radius 3 is 1.76 bits per heavy atom. The molecule has 0 spiro atoms. The number of phenolic OH excluding ortho intramolecular Hbond substituents is 1. The molecule has 2 aromatic heterocycles. The van der Waals surface area contributed by atoms with Crippen LogP contribution >= 0.6 is 0 Å². The van der Waals surface area contributed by atoms with Gasteiger partial charge in [-0.15, -0.1) is 0 Å². The number of nitrogens with zero attached hydrogens (tertiary/aromatic N) is 4. The molecule has 168 valence electrons. The highest BCUT2D eigenvalue weighted by Crippen LogP contribution is 2.29. The molecule has 0 amide bonds. The lowest BCUT2D eigenvalue weighted by Gasteiger charge is -2.09. The maximum absolute atomic E-state index is 12.4. The maximum Gasteiger partial charge on any atom is 0.338 e. The number of nitriles is 2. The molecule has 0 aliphatic heterocycles. The highest BCUT2D eigenvalue weighted by Gasteiger charge is 2.14. The summed E-state index contributed by atoms with van der Waals surface area (Å²) in [5.41, 5.74) is 3.36. The number of hydrogen-bond donors (Lipinski definition) is 1. The molecule has 0 aliphatic rings. The lowest BCUT2D eigenvalue weighted by Crippen LogP contribution is -2.27. The first-order valence-electron chi connectivity index (χ1n) is 10.5. The number of esters is 1. The third kappa shape index (κ3) is 5.53. The van der Waals surface area contributed by atoms with Crippen LogP contribution in [0, 0.1) is 22.7 Å². The van der Waals surface area contributed by atoms with Crippen molar-refractivity contribution in [3.63, 3.8) is 0 Å². The standard InChI is InChI=1S/C27H23N4O3/c1-4-34-27(33)23-13-21(7-5-19-9-11-30(2)17-24(19)15-28)26(32)22(14-23)8-6-20-10-12-31(3)18-25(20)16-29/h5-14,17-18H,4H2,1-3H3/q+1/p+1. The number of phenols is 1. The molecule has 0 saturated heterocycles. The van der Waals surface area contributed by atoms with Gasteiger partial charge in [-0.1, -0.05) is 24.3 Å². The predicted octanol–water partition coefficient (Wildman–Crippen LogP) is 3.30. The molecule has 0 bridgehead atoms. The number of benzene rings is 1. The zero-order chi connectivity index (χ0) is 24.7. The molecule has 3 aromatic rings. The topological polar surface area (TPSA) is 102 Å². The van der Waals surface area contributed by atoms with Crippen molar-refractivity contribution >= 4 is 30.3 Å². The van der Waals surface area contributed by atoms with Crippen LogP contribution in [-0.2, 0) is 18.8 Å². The van der Waals surface area contributed by atoms with Gasteiger partial charge in [-0.05, 0) is 19.1 Å². The molecular weight excluding hydrogens is 428 g/mol. The van der Waals surface area contributed by atoms with Crippen LogP contribution in [0.3, 0.4) is 0 Å². The Hall–Kier alpha value is -4.75. The van der Waals surface area contributed by atoms with Crippen molar-refractivity contribution in [1.82, 2.24) is 0 Å². The zero-order valence-corrected chi connectivity index (χ0v) is 19.2. The summed E-state index contributed by atoms with van der Waals surface area (Å²) in [6, 6.07) is 11.0. The number of hydrogen-bond acceptors (Lipinski definition) is 5. The average Bonchev–Trinajstić information content (AvgIpc) is 2.83. The Balaban J connectivity index is 2.08. The fraction of sp³-hybridized carbons (Fsp3) is 0.148. The Labute approximate surface area is 198 Å². The molecule has 1 aromatic carbocycles. The van der Waals surface area contributed by atoms with Crippen molar-refractivity contribution in [2.45, 2.75) is 6.92 Å². The van der Waals surface area contributed by atoms with Crippen LogP contribution in [0.15, 0.2) is 49.1 Å². The average molecular weight is 453 g/mol. The van der Waals surface area contributed by atoms with Gasteiger partial charge in [-0.25, -0.2) is 13.9 Å². The normalized spacial score (nSPS) is 10.9. The van der Waals surface area contributed by atoms with Gasteiger partial charge in [0.15, 0.2) is 24.8 Å². The van der Waals surface area contributed by atoms with Crippen LogP contribution < -0.4 is 9.13 Å². The molecule has 0 fully saturated rings. The van der Waals surface area contributed by atoms with E-state index >= 15 is 0 Å². The molecule has 2 heterocycles. The number of pyridine rings is 2. The first kappa shape index (κ1) is 23.9. The van der Waals surface area contributed by atoms with Crippen LogP contribution in [0.4, 0.5) is 0 Å². The van der Waals surface area contributed by atoms with Crippen LogP contribution in [0.25, 0.3) is 24.3 Å². The van der Waals surface area contributed by atoms with Crippen molar-refractivity contribution in [3.8, 4) is 17.9 Å². The van der Waals surface area contributed by atoms with Crippen molar-refractivity contribution in [3.05, 3.63) is 88.0 Å². The number of aromatic nitrogens is 2. The maximum atomic E-state index is 12.4. The van der Waals surface area contributed by atoms with E-state index in [2.05, 4.69) is 12.1 Å². The summed E-state index contributed by atoms with van der Waals surface area (Å²) in [6.07, 6.45) is 13.8. The first-order valence-corrected chi connectivity index (χ1v) is 10.5. The van der Waals surface area contributed by atoms with E-state index in [1.807, 2.05) is 26.5 Å². The Bertz CT molecular complexity index is 1300. The van der Waals surface area contributed by atoms with E-state index in [0.29, 0.717) is 33.4 Å². The number of aryl methyl sites for hydroxylation is 2. The quantitative estimate of drug-likeness (QED) is 0.457. The fourth-order valence-corrected chi connectivity index (χ4v) is 3.32. The number of rotatable bonds is 6. The molecule has 7 heteroatoms. The van der Waals surface area contributed by atoms with Gasteiger partial charge in [0.25, 0.3) is 0 Å². The van der Waals surface area contributed by atoms with Crippen LogP contribution in [0.5, 0.6) is 5.75 Å². The van der Waals surface area contributed by atoms with E-state index in [9.17, 15) is 20.4 Å². The van der Waals surface area contributed by atoms with E-state index in [1.54, 1.807) is 77.0 Å². The van der Waals surface area contributed by atoms with E-state index in [-0.39, 0.29) is 17.9 Å². The van der Waals surface area contributed by atoms with E-state index in [1.165, 1.54) is 0 Å². The number of carbonyl (C=O) groups is 1. The van der Waals surface area contributed by atoms with Crippen molar-refractivity contribution in [2.75, 3.05) is 6.61 Å². The first-order chi connectivity index (χ1) is 16.4. The van der Waals surface area contributed by atoms with Gasteiger partial charge in [0.1, 0.15) is 43.1 Å². The summed E-state index contributed by atoms with van der Waals surface area (Å²) in [6.45, 7) is 1.94. The Morgan fingerprint density at radius 2 is 1.35 bits per heavy atom. The molecule has 0 radical (unpaired) electrons. The molecule has 0 saturated carbocycles. The monoisotopic (exact) mass is 452 g/mol. The van der Waals surface area contributed by atoms with E-state index in [4.69, 9.17) is 4.74 Å². The molecule has 0 atom stereocenters. The van der Waals surface area contributed by atoms with Crippen LogP contribution in [0.2, 0.25) is 0 Å². The summed E-state index contributed by atoms with van der Waals surface area (Å²) < 4.78 is 8.69. The number of ether oxygens (including phenoxy) is 1. The Kier molecular flexibility index (Phi) is 7.53. The smallest absolute Gasteiger partial charge is 0.338 e. The minimum Gasteiger partial charge on any atom is -0.507 e. The van der Waals surface area contributed by atoms with Crippen LogP contribution in [0.1, 0.15) is 50.7 Å². The predicted molar refractivity (Wildman–Crippen MR) is 127 cm³/mol. The van der Waals surface area contributed by atoms with Gasteiger partial charge in [-0.3, -0.25) is 0 Å². The van der Waals surface area contributed by atoms with Crippen molar-refractivity contribution < 1.29 is 23.8 Å². The summed E-state index contributed by atoms with van der Waals surface area (Å²) in [7, 11) is 3.65. The molecule has 1 N–H and O–H groups in total. The summed E-state index contributed by atoms with van der Waals surface area (Å²) in [5.74, 6) is -0.554. The second kappa shape index (κ2) is 10.7. The highest BCUT2D eigenvalue weighted by molar-refractivity contribution is 5.93. The summed E-state index contributed by atoms with van der Waals surface area (Å²) in [4.78, 5) is 12.4. The van der Waals surface area contributed by atoms with Crippen molar-refractivity contribution in [1.29, 1.82) is 10.5 Å². The zero-order valence-electron chi connectivity index (χ0n) is 19.2. The lowest BCUT2D eigenvalue weighted by atomic mass is 10.0. The molecule has 0 aliphatic carbocycles. The molecule has 34 heavy (non-hydrogen) atoms. The third-order valence-electron chi connectivity index (χ3n) is 5.07. The molecule has 0 unspecified atom stereocenters. The largest absolute Gasteiger partial charge is 0.507 e. The van der Waals surface area contributed by atoms with Gasteiger partial charge in [0.2, 0.25) is 0 Å². The van der Waals surface area contributed by atoms with Crippen molar-refractivity contribution in [2.24, 2.45) is 14.1 Å². The van der Waals surface area contributed by atoms with Crippen LogP contribution in [-0.4, -0.2) is 17.7 Å². The summed E-state index contributed by atoms with van der Waals surface area (Å²) >= 11 is 0.